The fourth-order valence-corrected chi connectivity index (χ4v) is 3.69. The summed E-state index contributed by atoms with van der Waals surface area (Å²) in [6.45, 7) is 0. The maximum absolute atomic E-state index is 12.0. The van der Waals surface area contributed by atoms with Crippen molar-refractivity contribution >= 4 is 29.3 Å². The maximum atomic E-state index is 12.0. The molecule has 0 spiro atoms. The van der Waals surface area contributed by atoms with Gasteiger partial charge in [0.1, 0.15) is 5.78 Å². The fraction of sp³-hybridized carbons (Fsp3) is 0.471. The summed E-state index contributed by atoms with van der Waals surface area (Å²) in [5.74, 6) is -0.0874. The predicted molar refractivity (Wildman–Crippen MR) is 85.1 cm³/mol. The minimum absolute atomic E-state index is 0.0604. The summed E-state index contributed by atoms with van der Waals surface area (Å²) in [7, 11) is 1.31. The molecule has 1 saturated carbocycles. The van der Waals surface area contributed by atoms with E-state index in [1.807, 2.05) is 12.1 Å². The van der Waals surface area contributed by atoms with Gasteiger partial charge in [-0.15, -0.1) is 11.8 Å². The molecule has 0 radical (unpaired) electrons. The molecule has 0 heterocycles. The molecule has 2 rings (SSSR count). The number of rotatable bonds is 6. The Hall–Kier alpha value is -1.62. The molecular weight excluding hydrogens is 300 g/mol. The molecule has 1 unspecified atom stereocenters. The second-order valence-electron chi connectivity index (χ2n) is 5.40. The molecule has 118 valence electrons. The fourth-order valence-electron chi connectivity index (χ4n) is 2.46. The third kappa shape index (κ3) is 4.98. The minimum atomic E-state index is -0.373. The molecule has 1 aromatic rings. The van der Waals surface area contributed by atoms with Gasteiger partial charge in [-0.3, -0.25) is 14.4 Å². The number of thioether (sulfide) groups is 1. The summed E-state index contributed by atoms with van der Waals surface area (Å²) < 4.78 is 4.53. The van der Waals surface area contributed by atoms with Gasteiger partial charge >= 0.3 is 5.97 Å². The van der Waals surface area contributed by atoms with Crippen LogP contribution in [0, 0.1) is 0 Å². The number of ether oxygens (including phenoxy) is 1. The van der Waals surface area contributed by atoms with E-state index >= 15 is 0 Å². The van der Waals surface area contributed by atoms with Crippen molar-refractivity contribution in [3.05, 3.63) is 29.8 Å². The average Bonchev–Trinajstić information content (AvgIpc) is 2.53. The number of methoxy groups -OCH3 is 1. The van der Waals surface area contributed by atoms with Crippen LogP contribution in [0.2, 0.25) is 0 Å². The number of ketones is 2. The zero-order chi connectivity index (χ0) is 15.9. The first kappa shape index (κ1) is 16.7. The summed E-state index contributed by atoms with van der Waals surface area (Å²) in [5, 5.41) is 0.349. The molecule has 22 heavy (non-hydrogen) atoms. The Morgan fingerprint density at radius 1 is 1.23 bits per heavy atom. The topological polar surface area (TPSA) is 60.4 Å². The normalized spacial score (nSPS) is 18.0. The van der Waals surface area contributed by atoms with Crippen molar-refractivity contribution < 1.29 is 19.1 Å². The lowest BCUT2D eigenvalue weighted by atomic mass is 9.99. The minimum Gasteiger partial charge on any atom is -0.469 e. The van der Waals surface area contributed by atoms with Gasteiger partial charge < -0.3 is 4.74 Å². The van der Waals surface area contributed by atoms with Crippen LogP contribution < -0.4 is 0 Å². The van der Waals surface area contributed by atoms with Crippen molar-refractivity contribution in [2.24, 2.45) is 0 Å². The van der Waals surface area contributed by atoms with Gasteiger partial charge in [-0.1, -0.05) is 12.1 Å². The Balaban J connectivity index is 1.88. The molecule has 0 bridgehead atoms. The van der Waals surface area contributed by atoms with E-state index in [0.717, 1.165) is 17.7 Å². The van der Waals surface area contributed by atoms with Crippen LogP contribution in [0.4, 0.5) is 0 Å². The van der Waals surface area contributed by atoms with Crippen molar-refractivity contribution in [2.75, 3.05) is 7.11 Å². The number of hydrogen-bond acceptors (Lipinski definition) is 5. The molecule has 1 atom stereocenters. The Kier molecular flexibility index (Phi) is 6.19. The second kappa shape index (κ2) is 8.13. The summed E-state index contributed by atoms with van der Waals surface area (Å²) in [6.07, 6.45) is 3.66. The number of hydrogen-bond donors (Lipinski definition) is 0. The van der Waals surface area contributed by atoms with Gasteiger partial charge in [0, 0.05) is 35.0 Å². The van der Waals surface area contributed by atoms with E-state index in [-0.39, 0.29) is 24.6 Å². The van der Waals surface area contributed by atoms with Crippen LogP contribution in [0.5, 0.6) is 0 Å². The smallest absolute Gasteiger partial charge is 0.305 e. The van der Waals surface area contributed by atoms with Crippen molar-refractivity contribution in [3.8, 4) is 0 Å². The second-order valence-corrected chi connectivity index (χ2v) is 6.77. The van der Waals surface area contributed by atoms with E-state index in [0.29, 0.717) is 29.4 Å². The monoisotopic (exact) mass is 320 g/mol. The van der Waals surface area contributed by atoms with Gasteiger partial charge in [-0.05, 0) is 25.0 Å². The summed E-state index contributed by atoms with van der Waals surface area (Å²) in [6, 6.07) is 7.39. The van der Waals surface area contributed by atoms with Crippen molar-refractivity contribution in [2.45, 2.75) is 48.7 Å². The highest BCUT2D eigenvalue weighted by Crippen LogP contribution is 2.32. The molecule has 0 aliphatic heterocycles. The van der Waals surface area contributed by atoms with E-state index in [2.05, 4.69) is 4.74 Å². The summed E-state index contributed by atoms with van der Waals surface area (Å²) in [4.78, 5) is 35.5. The maximum Gasteiger partial charge on any atom is 0.305 e. The van der Waals surface area contributed by atoms with Gasteiger partial charge in [0.05, 0.1) is 13.5 Å². The molecule has 0 saturated heterocycles. The van der Waals surface area contributed by atoms with E-state index in [1.165, 1.54) is 7.11 Å². The molecule has 1 aromatic carbocycles. The number of esters is 1. The lowest BCUT2D eigenvalue weighted by molar-refractivity contribution is -0.140. The standard InChI is InChI=1S/C17H20O4S/c1-21-17(20)10-9-16(19)12-5-7-14(8-6-12)22-15-4-2-3-13(18)11-15/h5-8,15H,2-4,9-11H2,1H3. The summed E-state index contributed by atoms with van der Waals surface area (Å²) >= 11 is 1.70. The molecule has 4 nitrogen and oxygen atoms in total. The van der Waals surface area contributed by atoms with Crippen LogP contribution in [0.15, 0.2) is 29.2 Å². The van der Waals surface area contributed by atoms with Crippen LogP contribution in [0.3, 0.4) is 0 Å². The van der Waals surface area contributed by atoms with Crippen molar-refractivity contribution in [3.63, 3.8) is 0 Å². The number of Topliss-reactive ketones (excluding diaryl/α,β-unsaturated/α-hetero) is 2. The highest BCUT2D eigenvalue weighted by atomic mass is 32.2. The van der Waals surface area contributed by atoms with Crippen LogP contribution >= 0.6 is 11.8 Å². The predicted octanol–water partition coefficient (Wildman–Crippen LogP) is 3.43. The first-order chi connectivity index (χ1) is 10.6. The van der Waals surface area contributed by atoms with E-state index in [4.69, 9.17) is 0 Å². The third-order valence-corrected chi connectivity index (χ3v) is 4.98. The summed E-state index contributed by atoms with van der Waals surface area (Å²) in [5.41, 5.74) is 0.605. The zero-order valence-electron chi connectivity index (χ0n) is 12.7. The molecule has 5 heteroatoms. The molecular formula is C17H20O4S. The average molecular weight is 320 g/mol. The molecule has 1 aliphatic rings. The lowest BCUT2D eigenvalue weighted by Gasteiger charge is -2.20. The van der Waals surface area contributed by atoms with E-state index in [9.17, 15) is 14.4 Å². The number of benzene rings is 1. The number of carbonyl (C=O) groups excluding carboxylic acids is 3. The number of carbonyl (C=O) groups is 3. The SMILES string of the molecule is COC(=O)CCC(=O)c1ccc(SC2CCCC(=O)C2)cc1. The van der Waals surface area contributed by atoms with Crippen molar-refractivity contribution in [1.29, 1.82) is 0 Å². The first-order valence-electron chi connectivity index (χ1n) is 7.47. The first-order valence-corrected chi connectivity index (χ1v) is 8.35. The zero-order valence-corrected chi connectivity index (χ0v) is 13.5. The van der Waals surface area contributed by atoms with Gasteiger partial charge in [-0.25, -0.2) is 0 Å². The van der Waals surface area contributed by atoms with Crippen molar-refractivity contribution in [1.82, 2.24) is 0 Å². The highest BCUT2D eigenvalue weighted by molar-refractivity contribution is 8.00. The van der Waals surface area contributed by atoms with Crippen LogP contribution in [0.25, 0.3) is 0 Å². The van der Waals surface area contributed by atoms with Gasteiger partial charge in [0.15, 0.2) is 5.78 Å². The van der Waals surface area contributed by atoms with Crippen LogP contribution in [-0.2, 0) is 14.3 Å². The lowest BCUT2D eigenvalue weighted by Crippen LogP contribution is -2.16. The van der Waals surface area contributed by atoms with E-state index < -0.39 is 0 Å². The molecule has 0 amide bonds. The molecule has 0 aromatic heterocycles. The largest absolute Gasteiger partial charge is 0.469 e. The Morgan fingerprint density at radius 2 is 1.95 bits per heavy atom. The molecule has 0 N–H and O–H groups in total. The van der Waals surface area contributed by atoms with Crippen LogP contribution in [-0.4, -0.2) is 29.9 Å². The van der Waals surface area contributed by atoms with Gasteiger partial charge in [0.2, 0.25) is 0 Å². The molecule has 1 fully saturated rings. The Labute approximate surface area is 134 Å². The molecule has 1 aliphatic carbocycles. The van der Waals surface area contributed by atoms with Gasteiger partial charge in [-0.2, -0.15) is 0 Å². The third-order valence-electron chi connectivity index (χ3n) is 3.70. The Bertz CT molecular complexity index is 550. The van der Waals surface area contributed by atoms with E-state index in [1.54, 1.807) is 23.9 Å². The highest BCUT2D eigenvalue weighted by Gasteiger charge is 2.20. The van der Waals surface area contributed by atoms with Crippen LogP contribution in [0.1, 0.15) is 48.9 Å². The quantitative estimate of drug-likeness (QED) is 0.593. The Morgan fingerprint density at radius 3 is 2.59 bits per heavy atom. The van der Waals surface area contributed by atoms with Gasteiger partial charge in [0.25, 0.3) is 0 Å².